The Hall–Kier alpha value is -2.83. The van der Waals surface area contributed by atoms with Crippen molar-refractivity contribution >= 4 is 11.9 Å². The van der Waals surface area contributed by atoms with Crippen LogP contribution in [-0.2, 0) is 6.54 Å². The number of piperidine rings is 1. The Balaban J connectivity index is 1.31. The van der Waals surface area contributed by atoms with E-state index in [1.54, 1.807) is 0 Å². The lowest BCUT2D eigenvalue weighted by Gasteiger charge is -2.30. The molecule has 7 nitrogen and oxygen atoms in total. The smallest absolute Gasteiger partial charge is 0.317 e. The van der Waals surface area contributed by atoms with Gasteiger partial charge in [-0.15, -0.1) is 0 Å². The molecule has 3 heterocycles. The van der Waals surface area contributed by atoms with Gasteiger partial charge in [0.15, 0.2) is 11.6 Å². The lowest BCUT2D eigenvalue weighted by Crippen LogP contribution is -2.43. The average Bonchev–Trinajstić information content (AvgIpc) is 3.42. The van der Waals surface area contributed by atoms with Crippen LogP contribution in [0.25, 0.3) is 0 Å². The van der Waals surface area contributed by atoms with E-state index in [9.17, 15) is 9.59 Å². The summed E-state index contributed by atoms with van der Waals surface area (Å²) in [6, 6.07) is 9.85. The fraction of sp³-hybridized carbons (Fsp3) is 0.500. The fourth-order valence-electron chi connectivity index (χ4n) is 4.07. The summed E-state index contributed by atoms with van der Waals surface area (Å²) in [6.07, 6.45) is 3.69. The maximum Gasteiger partial charge on any atom is 0.317 e. The zero-order valence-corrected chi connectivity index (χ0v) is 16.9. The van der Waals surface area contributed by atoms with Gasteiger partial charge >= 0.3 is 6.03 Å². The molecule has 0 bridgehead atoms. The third-order valence-electron chi connectivity index (χ3n) is 5.83. The minimum absolute atomic E-state index is 0.0206. The van der Waals surface area contributed by atoms with E-state index in [1.165, 1.54) is 0 Å². The van der Waals surface area contributed by atoms with Crippen LogP contribution in [0.1, 0.15) is 59.3 Å². The first-order valence-corrected chi connectivity index (χ1v) is 10.4. The summed E-state index contributed by atoms with van der Waals surface area (Å²) >= 11 is 0. The average molecular weight is 396 g/mol. The monoisotopic (exact) mass is 396 g/mol. The van der Waals surface area contributed by atoms with Crippen molar-refractivity contribution in [3.8, 4) is 0 Å². The Kier molecular flexibility index (Phi) is 5.83. The Bertz CT molecular complexity index is 850. The standard InChI is InChI=1S/C22H28N4O3/c1-16-19(21(27)25-11-5-6-12-25)24-20(29-16)18-9-13-26(14-10-18)22(28)23-15-17-7-3-2-4-8-17/h2-4,7-8,18H,5-6,9-15H2,1H3,(H,23,28). The van der Waals surface area contributed by atoms with Crippen molar-refractivity contribution in [1.29, 1.82) is 0 Å². The molecule has 0 radical (unpaired) electrons. The van der Waals surface area contributed by atoms with E-state index in [0.29, 0.717) is 37.0 Å². The molecule has 1 aromatic carbocycles. The molecule has 4 rings (SSSR count). The molecule has 154 valence electrons. The number of hydrogen-bond acceptors (Lipinski definition) is 4. The second-order valence-corrected chi connectivity index (χ2v) is 7.86. The van der Waals surface area contributed by atoms with Crippen LogP contribution in [0.3, 0.4) is 0 Å². The lowest BCUT2D eigenvalue weighted by atomic mass is 9.97. The number of amides is 3. The molecule has 2 fully saturated rings. The first-order chi connectivity index (χ1) is 14.1. The molecule has 0 unspecified atom stereocenters. The zero-order valence-electron chi connectivity index (χ0n) is 16.9. The van der Waals surface area contributed by atoms with Crippen molar-refractivity contribution in [2.24, 2.45) is 0 Å². The molecule has 1 aromatic heterocycles. The van der Waals surface area contributed by atoms with Gasteiger partial charge in [0.05, 0.1) is 0 Å². The summed E-state index contributed by atoms with van der Waals surface area (Å²) in [6.45, 7) is 5.25. The maximum absolute atomic E-state index is 12.6. The van der Waals surface area contributed by atoms with Crippen molar-refractivity contribution in [2.75, 3.05) is 26.2 Å². The summed E-state index contributed by atoms with van der Waals surface area (Å²) in [4.78, 5) is 33.3. The van der Waals surface area contributed by atoms with Crippen LogP contribution >= 0.6 is 0 Å². The fourth-order valence-corrected chi connectivity index (χ4v) is 4.07. The molecule has 2 aliphatic rings. The van der Waals surface area contributed by atoms with Crippen molar-refractivity contribution in [2.45, 2.75) is 45.1 Å². The number of nitrogens with one attached hydrogen (secondary N) is 1. The third-order valence-corrected chi connectivity index (χ3v) is 5.83. The number of hydrogen-bond donors (Lipinski definition) is 1. The number of carbonyl (C=O) groups is 2. The normalized spacial score (nSPS) is 17.6. The molecule has 0 saturated carbocycles. The van der Waals surface area contributed by atoms with E-state index in [2.05, 4.69) is 10.3 Å². The molecule has 0 aliphatic carbocycles. The van der Waals surface area contributed by atoms with Crippen LogP contribution in [0.4, 0.5) is 4.79 Å². The van der Waals surface area contributed by atoms with Crippen LogP contribution in [0, 0.1) is 6.92 Å². The highest BCUT2D eigenvalue weighted by atomic mass is 16.4. The predicted octanol–water partition coefficient (Wildman–Crippen LogP) is 3.31. The summed E-state index contributed by atoms with van der Waals surface area (Å²) in [5, 5.41) is 2.98. The highest BCUT2D eigenvalue weighted by Gasteiger charge is 2.30. The van der Waals surface area contributed by atoms with E-state index in [0.717, 1.165) is 44.3 Å². The van der Waals surface area contributed by atoms with Gasteiger partial charge in [0.2, 0.25) is 0 Å². The van der Waals surface area contributed by atoms with Crippen molar-refractivity contribution < 1.29 is 14.0 Å². The summed E-state index contributed by atoms with van der Waals surface area (Å²) in [7, 11) is 0. The van der Waals surface area contributed by atoms with Gasteiger partial charge in [-0.1, -0.05) is 30.3 Å². The molecule has 1 N–H and O–H groups in total. The van der Waals surface area contributed by atoms with E-state index in [1.807, 2.05) is 47.1 Å². The Morgan fingerprint density at radius 2 is 1.76 bits per heavy atom. The number of oxazole rings is 1. The van der Waals surface area contributed by atoms with Gasteiger partial charge in [-0.2, -0.15) is 0 Å². The van der Waals surface area contributed by atoms with E-state index < -0.39 is 0 Å². The molecule has 0 atom stereocenters. The summed E-state index contributed by atoms with van der Waals surface area (Å²) in [5.41, 5.74) is 1.53. The SMILES string of the molecule is Cc1oc(C2CCN(C(=O)NCc3ccccc3)CC2)nc1C(=O)N1CCCC1. The highest BCUT2D eigenvalue weighted by molar-refractivity contribution is 5.93. The van der Waals surface area contributed by atoms with Crippen LogP contribution < -0.4 is 5.32 Å². The number of aryl methyl sites for hydroxylation is 1. The van der Waals surface area contributed by atoms with Crippen LogP contribution in [-0.4, -0.2) is 52.9 Å². The van der Waals surface area contributed by atoms with Gasteiger partial charge in [-0.3, -0.25) is 4.79 Å². The van der Waals surface area contributed by atoms with Gasteiger partial charge in [0, 0.05) is 38.6 Å². The highest BCUT2D eigenvalue weighted by Crippen LogP contribution is 2.29. The van der Waals surface area contributed by atoms with Crippen molar-refractivity contribution in [3.63, 3.8) is 0 Å². The quantitative estimate of drug-likeness (QED) is 0.860. The van der Waals surface area contributed by atoms with Crippen molar-refractivity contribution in [1.82, 2.24) is 20.1 Å². The second kappa shape index (κ2) is 8.68. The number of urea groups is 1. The molecule has 3 amide bonds. The third kappa shape index (κ3) is 4.44. The van der Waals surface area contributed by atoms with Crippen LogP contribution in [0.5, 0.6) is 0 Å². The Labute approximate surface area is 171 Å². The Morgan fingerprint density at radius 1 is 1.07 bits per heavy atom. The first-order valence-electron chi connectivity index (χ1n) is 10.4. The molecule has 2 saturated heterocycles. The van der Waals surface area contributed by atoms with Crippen molar-refractivity contribution in [3.05, 3.63) is 53.2 Å². The molecular weight excluding hydrogens is 368 g/mol. The number of nitrogens with zero attached hydrogens (tertiary/aromatic N) is 3. The van der Waals surface area contributed by atoms with Gasteiger partial charge in [0.1, 0.15) is 5.76 Å². The number of carbonyl (C=O) groups excluding carboxylic acids is 2. The molecule has 2 aliphatic heterocycles. The molecule has 2 aromatic rings. The van der Waals surface area contributed by atoms with Crippen LogP contribution in [0.2, 0.25) is 0 Å². The summed E-state index contributed by atoms with van der Waals surface area (Å²) < 4.78 is 5.86. The first kappa shape index (κ1) is 19.5. The zero-order chi connectivity index (χ0) is 20.2. The second-order valence-electron chi connectivity index (χ2n) is 7.86. The summed E-state index contributed by atoms with van der Waals surface area (Å²) in [5.74, 6) is 1.36. The Morgan fingerprint density at radius 3 is 2.45 bits per heavy atom. The number of rotatable bonds is 4. The van der Waals surface area contributed by atoms with Gasteiger partial charge in [-0.25, -0.2) is 9.78 Å². The molecular formula is C22H28N4O3. The molecule has 0 spiro atoms. The minimum Gasteiger partial charge on any atom is -0.445 e. The van der Waals surface area contributed by atoms with E-state index in [4.69, 9.17) is 4.42 Å². The lowest BCUT2D eigenvalue weighted by molar-refractivity contribution is 0.0786. The topological polar surface area (TPSA) is 78.7 Å². The molecule has 29 heavy (non-hydrogen) atoms. The van der Waals surface area contributed by atoms with Gasteiger partial charge in [-0.05, 0) is 38.2 Å². The molecule has 7 heteroatoms. The number of aromatic nitrogens is 1. The maximum atomic E-state index is 12.6. The predicted molar refractivity (Wildman–Crippen MR) is 109 cm³/mol. The van der Waals surface area contributed by atoms with Crippen LogP contribution in [0.15, 0.2) is 34.7 Å². The van der Waals surface area contributed by atoms with Gasteiger partial charge in [0.25, 0.3) is 5.91 Å². The van der Waals surface area contributed by atoms with Gasteiger partial charge < -0.3 is 19.5 Å². The largest absolute Gasteiger partial charge is 0.445 e. The number of benzene rings is 1. The van der Waals surface area contributed by atoms with E-state index in [-0.39, 0.29) is 17.9 Å². The number of likely N-dealkylation sites (tertiary alicyclic amines) is 2. The minimum atomic E-state index is -0.0409. The van der Waals surface area contributed by atoms with E-state index >= 15 is 0 Å².